The first kappa shape index (κ1) is 12.9. The standard InChI is InChI=1S/C14H16N4OS/c1-3-10-6-11-12(16-7-9-4-5-19-8-9)17-14(15-2)18-13(11)20-10/h4-6,8H,3,7H2,1-2H3,(H2,15,16,17,18). The van der Waals surface area contributed by atoms with Crippen LogP contribution in [0.5, 0.6) is 0 Å². The van der Waals surface area contributed by atoms with Gasteiger partial charge in [-0.25, -0.2) is 4.98 Å². The van der Waals surface area contributed by atoms with Crippen molar-refractivity contribution in [3.8, 4) is 0 Å². The zero-order valence-electron chi connectivity index (χ0n) is 11.4. The van der Waals surface area contributed by atoms with Crippen molar-refractivity contribution in [3.63, 3.8) is 0 Å². The van der Waals surface area contributed by atoms with Gasteiger partial charge in [-0.05, 0) is 18.6 Å². The first-order valence-corrected chi connectivity index (χ1v) is 7.35. The Kier molecular flexibility index (Phi) is 3.56. The van der Waals surface area contributed by atoms with Gasteiger partial charge in [0.1, 0.15) is 10.6 Å². The lowest BCUT2D eigenvalue weighted by atomic mass is 10.3. The summed E-state index contributed by atoms with van der Waals surface area (Å²) in [4.78, 5) is 11.3. The van der Waals surface area contributed by atoms with Gasteiger partial charge in [0.05, 0.1) is 17.9 Å². The van der Waals surface area contributed by atoms with Gasteiger partial charge in [0.15, 0.2) is 0 Å². The Labute approximate surface area is 121 Å². The van der Waals surface area contributed by atoms with Crippen LogP contribution < -0.4 is 10.6 Å². The molecule has 0 amide bonds. The molecule has 0 spiro atoms. The van der Waals surface area contributed by atoms with E-state index in [1.165, 1.54) is 4.88 Å². The van der Waals surface area contributed by atoms with Gasteiger partial charge in [-0.15, -0.1) is 11.3 Å². The minimum absolute atomic E-state index is 0.636. The van der Waals surface area contributed by atoms with Crippen LogP contribution in [0.1, 0.15) is 17.4 Å². The molecule has 0 aromatic carbocycles. The molecular formula is C14H16N4OS. The van der Waals surface area contributed by atoms with Gasteiger partial charge in [-0.1, -0.05) is 6.92 Å². The van der Waals surface area contributed by atoms with Crippen LogP contribution in [-0.2, 0) is 13.0 Å². The van der Waals surface area contributed by atoms with Crippen LogP contribution in [0.3, 0.4) is 0 Å². The molecule has 5 nitrogen and oxygen atoms in total. The van der Waals surface area contributed by atoms with E-state index in [2.05, 4.69) is 33.6 Å². The lowest BCUT2D eigenvalue weighted by Crippen LogP contribution is -2.04. The van der Waals surface area contributed by atoms with Gasteiger partial charge in [0.25, 0.3) is 0 Å². The number of nitrogens with zero attached hydrogens (tertiary/aromatic N) is 2. The molecule has 0 saturated heterocycles. The molecule has 0 aliphatic carbocycles. The molecule has 104 valence electrons. The second-order valence-corrected chi connectivity index (χ2v) is 5.53. The van der Waals surface area contributed by atoms with Crippen molar-refractivity contribution in [1.29, 1.82) is 0 Å². The third-order valence-corrected chi connectivity index (χ3v) is 4.23. The Morgan fingerprint density at radius 2 is 2.25 bits per heavy atom. The highest BCUT2D eigenvalue weighted by Gasteiger charge is 2.10. The van der Waals surface area contributed by atoms with Crippen molar-refractivity contribution in [1.82, 2.24) is 9.97 Å². The van der Waals surface area contributed by atoms with Crippen molar-refractivity contribution in [2.75, 3.05) is 17.7 Å². The van der Waals surface area contributed by atoms with E-state index in [1.807, 2.05) is 13.1 Å². The number of anilines is 2. The molecular weight excluding hydrogens is 272 g/mol. The summed E-state index contributed by atoms with van der Waals surface area (Å²) in [6, 6.07) is 4.10. The van der Waals surface area contributed by atoms with Crippen molar-refractivity contribution in [3.05, 3.63) is 35.1 Å². The monoisotopic (exact) mass is 288 g/mol. The smallest absolute Gasteiger partial charge is 0.225 e. The lowest BCUT2D eigenvalue weighted by Gasteiger charge is -2.07. The Morgan fingerprint density at radius 1 is 1.35 bits per heavy atom. The topological polar surface area (TPSA) is 63.0 Å². The highest BCUT2D eigenvalue weighted by Crippen LogP contribution is 2.30. The molecule has 3 aromatic heterocycles. The van der Waals surface area contributed by atoms with Gasteiger partial charge in [-0.3, -0.25) is 0 Å². The molecule has 0 unspecified atom stereocenters. The normalized spacial score (nSPS) is 10.9. The average Bonchev–Trinajstić information content (AvgIpc) is 3.12. The Hall–Kier alpha value is -2.08. The van der Waals surface area contributed by atoms with Crippen LogP contribution in [0, 0.1) is 0 Å². The van der Waals surface area contributed by atoms with Gasteiger partial charge < -0.3 is 15.1 Å². The Balaban J connectivity index is 1.96. The van der Waals surface area contributed by atoms with E-state index in [4.69, 9.17) is 4.42 Å². The number of fused-ring (bicyclic) bond motifs is 1. The zero-order chi connectivity index (χ0) is 13.9. The predicted molar refractivity (Wildman–Crippen MR) is 82.4 cm³/mol. The highest BCUT2D eigenvalue weighted by molar-refractivity contribution is 7.18. The minimum Gasteiger partial charge on any atom is -0.472 e. The second kappa shape index (κ2) is 5.50. The van der Waals surface area contributed by atoms with Crippen molar-refractivity contribution in [2.24, 2.45) is 0 Å². The molecule has 0 bridgehead atoms. The van der Waals surface area contributed by atoms with Crippen LogP contribution in [0.4, 0.5) is 11.8 Å². The van der Waals surface area contributed by atoms with E-state index in [9.17, 15) is 0 Å². The van der Waals surface area contributed by atoms with Gasteiger partial charge >= 0.3 is 0 Å². The van der Waals surface area contributed by atoms with Gasteiger partial charge in [0, 0.05) is 24.0 Å². The van der Waals surface area contributed by atoms with E-state index in [0.29, 0.717) is 12.5 Å². The molecule has 6 heteroatoms. The number of hydrogen-bond acceptors (Lipinski definition) is 6. The Morgan fingerprint density at radius 3 is 2.95 bits per heavy atom. The van der Waals surface area contributed by atoms with Crippen molar-refractivity contribution < 1.29 is 4.42 Å². The van der Waals surface area contributed by atoms with E-state index in [1.54, 1.807) is 23.9 Å². The summed E-state index contributed by atoms with van der Waals surface area (Å²) in [6.45, 7) is 2.83. The molecule has 3 rings (SSSR count). The van der Waals surface area contributed by atoms with Crippen molar-refractivity contribution in [2.45, 2.75) is 19.9 Å². The third kappa shape index (κ3) is 2.46. The molecule has 0 atom stereocenters. The number of furan rings is 1. The largest absolute Gasteiger partial charge is 0.472 e. The summed E-state index contributed by atoms with van der Waals surface area (Å²) >= 11 is 1.71. The summed E-state index contributed by atoms with van der Waals surface area (Å²) in [5.41, 5.74) is 1.09. The Bertz CT molecular complexity index is 705. The van der Waals surface area contributed by atoms with E-state index >= 15 is 0 Å². The van der Waals surface area contributed by atoms with Crippen LogP contribution in [0.2, 0.25) is 0 Å². The van der Waals surface area contributed by atoms with Crippen LogP contribution in [0.25, 0.3) is 10.2 Å². The van der Waals surface area contributed by atoms with Crippen LogP contribution in [-0.4, -0.2) is 17.0 Å². The van der Waals surface area contributed by atoms with Crippen molar-refractivity contribution >= 4 is 33.3 Å². The van der Waals surface area contributed by atoms with E-state index < -0.39 is 0 Å². The maximum atomic E-state index is 5.07. The SMILES string of the molecule is CCc1cc2c(NCc3ccoc3)nc(NC)nc2s1. The summed E-state index contributed by atoms with van der Waals surface area (Å²) in [5.74, 6) is 1.49. The molecule has 20 heavy (non-hydrogen) atoms. The number of hydrogen-bond donors (Lipinski definition) is 2. The number of aryl methyl sites for hydroxylation is 1. The fourth-order valence-corrected chi connectivity index (χ4v) is 2.94. The molecule has 0 aliphatic rings. The average molecular weight is 288 g/mol. The van der Waals surface area contributed by atoms with E-state index in [0.717, 1.165) is 28.0 Å². The summed E-state index contributed by atoms with van der Waals surface area (Å²) in [5, 5.41) is 7.44. The molecule has 0 aliphatic heterocycles. The molecule has 3 heterocycles. The molecule has 0 radical (unpaired) electrons. The highest BCUT2D eigenvalue weighted by atomic mass is 32.1. The summed E-state index contributed by atoms with van der Waals surface area (Å²) in [6.07, 6.45) is 4.41. The van der Waals surface area contributed by atoms with Crippen LogP contribution in [0.15, 0.2) is 29.1 Å². The summed E-state index contributed by atoms with van der Waals surface area (Å²) in [7, 11) is 1.83. The lowest BCUT2D eigenvalue weighted by molar-refractivity contribution is 0.564. The molecule has 0 saturated carbocycles. The number of rotatable bonds is 5. The fourth-order valence-electron chi connectivity index (χ4n) is 1.97. The summed E-state index contributed by atoms with van der Waals surface area (Å²) < 4.78 is 5.07. The second-order valence-electron chi connectivity index (χ2n) is 4.42. The number of nitrogens with one attached hydrogen (secondary N) is 2. The van der Waals surface area contributed by atoms with E-state index in [-0.39, 0.29) is 0 Å². The quantitative estimate of drug-likeness (QED) is 0.752. The fraction of sp³-hybridized carbons (Fsp3) is 0.286. The van der Waals surface area contributed by atoms with Gasteiger partial charge in [-0.2, -0.15) is 4.98 Å². The first-order chi connectivity index (χ1) is 9.80. The number of thiophene rings is 1. The molecule has 0 fully saturated rings. The minimum atomic E-state index is 0.636. The maximum absolute atomic E-state index is 5.07. The number of aromatic nitrogens is 2. The zero-order valence-corrected chi connectivity index (χ0v) is 12.3. The maximum Gasteiger partial charge on any atom is 0.225 e. The predicted octanol–water partition coefficient (Wildman–Crippen LogP) is 3.50. The third-order valence-electron chi connectivity index (χ3n) is 3.06. The molecule has 3 aromatic rings. The van der Waals surface area contributed by atoms with Gasteiger partial charge in [0.2, 0.25) is 5.95 Å². The molecule has 2 N–H and O–H groups in total. The first-order valence-electron chi connectivity index (χ1n) is 6.53. The van der Waals surface area contributed by atoms with Crippen LogP contribution >= 0.6 is 11.3 Å².